The van der Waals surface area contributed by atoms with Crippen molar-refractivity contribution in [1.29, 1.82) is 0 Å². The van der Waals surface area contributed by atoms with Crippen LogP contribution in [0.4, 0.5) is 4.39 Å². The normalized spacial score (nSPS) is 12.1. The number of benzene rings is 2. The zero-order valence-corrected chi connectivity index (χ0v) is 15.9. The molecule has 0 aliphatic rings. The van der Waals surface area contributed by atoms with Gasteiger partial charge in [-0.05, 0) is 40.6 Å². The van der Waals surface area contributed by atoms with Crippen molar-refractivity contribution in [3.05, 3.63) is 70.0 Å². The number of amides is 1. The summed E-state index contributed by atoms with van der Waals surface area (Å²) in [6.07, 6.45) is 0. The minimum Gasteiger partial charge on any atom is -0.424 e. The lowest BCUT2D eigenvalue weighted by Gasteiger charge is -2.05. The van der Waals surface area contributed by atoms with Gasteiger partial charge in [0.25, 0.3) is 5.91 Å². The molecule has 1 amide bonds. The Morgan fingerprint density at radius 1 is 1.21 bits per heavy atom. The smallest absolute Gasteiger partial charge is 0.256 e. The zero-order valence-electron chi connectivity index (χ0n) is 15.1. The van der Waals surface area contributed by atoms with E-state index in [2.05, 4.69) is 25.7 Å². The summed E-state index contributed by atoms with van der Waals surface area (Å²) in [7, 11) is 0. The fourth-order valence-electron chi connectivity index (χ4n) is 2.75. The quantitative estimate of drug-likeness (QED) is 0.482. The van der Waals surface area contributed by atoms with Crippen LogP contribution in [0.5, 0.6) is 0 Å². The lowest BCUT2D eigenvalue weighted by atomic mass is 10.1. The maximum absolute atomic E-state index is 13.1. The summed E-state index contributed by atoms with van der Waals surface area (Å²) < 4.78 is 19.1. The molecule has 1 atom stereocenters. The zero-order chi connectivity index (χ0) is 20.4. The SMILES string of the molecule is Cc1nnc(CNC(=O)C(N=O)c2nc3ccc(-c4ccc(F)cc4)cc3s2)o1. The minimum absolute atomic E-state index is 0.00863. The third kappa shape index (κ3) is 4.02. The number of carbonyl (C=O) groups is 1. The van der Waals surface area contributed by atoms with Crippen molar-refractivity contribution in [1.82, 2.24) is 20.5 Å². The number of hydrogen-bond donors (Lipinski definition) is 1. The molecule has 0 spiro atoms. The molecule has 0 aliphatic heterocycles. The van der Waals surface area contributed by atoms with Crippen LogP contribution in [0.2, 0.25) is 0 Å². The van der Waals surface area contributed by atoms with E-state index in [1.54, 1.807) is 25.1 Å². The fraction of sp³-hybridized carbons (Fsp3) is 0.158. The van der Waals surface area contributed by atoms with Crippen molar-refractivity contribution in [3.8, 4) is 11.1 Å². The first-order valence-corrected chi connectivity index (χ1v) is 9.41. The predicted molar refractivity (Wildman–Crippen MR) is 104 cm³/mol. The van der Waals surface area contributed by atoms with Crippen LogP contribution in [0, 0.1) is 17.6 Å². The molecular formula is C19H14FN5O3S. The molecule has 4 rings (SSSR count). The van der Waals surface area contributed by atoms with Gasteiger partial charge in [-0.3, -0.25) is 4.79 Å². The van der Waals surface area contributed by atoms with E-state index in [1.807, 2.05) is 12.1 Å². The first kappa shape index (κ1) is 18.8. The average molecular weight is 411 g/mol. The number of nitrogens with one attached hydrogen (secondary N) is 1. The average Bonchev–Trinajstić information content (AvgIpc) is 3.32. The van der Waals surface area contributed by atoms with Gasteiger partial charge in [-0.1, -0.05) is 18.2 Å². The number of nitrogens with zero attached hydrogens (tertiary/aromatic N) is 4. The number of thiazole rings is 1. The van der Waals surface area contributed by atoms with E-state index < -0.39 is 11.9 Å². The monoisotopic (exact) mass is 411 g/mol. The highest BCUT2D eigenvalue weighted by Gasteiger charge is 2.26. The Hall–Kier alpha value is -3.53. The summed E-state index contributed by atoms with van der Waals surface area (Å²) >= 11 is 1.20. The highest BCUT2D eigenvalue weighted by molar-refractivity contribution is 7.18. The molecule has 10 heteroatoms. The Labute approximate surface area is 167 Å². The molecule has 0 fully saturated rings. The number of fused-ring (bicyclic) bond motifs is 1. The summed E-state index contributed by atoms with van der Waals surface area (Å²) in [5.41, 5.74) is 2.37. The van der Waals surface area contributed by atoms with E-state index in [9.17, 15) is 14.1 Å². The van der Waals surface area contributed by atoms with Gasteiger partial charge in [0.1, 0.15) is 10.8 Å². The summed E-state index contributed by atoms with van der Waals surface area (Å²) in [4.78, 5) is 28.1. The van der Waals surface area contributed by atoms with E-state index in [0.717, 1.165) is 15.8 Å². The molecule has 2 heterocycles. The van der Waals surface area contributed by atoms with Crippen LogP contribution in [-0.4, -0.2) is 21.1 Å². The molecule has 4 aromatic rings. The molecule has 2 aromatic carbocycles. The second-order valence-electron chi connectivity index (χ2n) is 6.18. The molecule has 146 valence electrons. The van der Waals surface area contributed by atoms with Gasteiger partial charge in [0.05, 0.1) is 16.8 Å². The number of aryl methyl sites for hydroxylation is 1. The summed E-state index contributed by atoms with van der Waals surface area (Å²) in [5.74, 6) is -0.304. The van der Waals surface area contributed by atoms with E-state index in [4.69, 9.17) is 4.42 Å². The van der Waals surface area contributed by atoms with Gasteiger partial charge >= 0.3 is 0 Å². The fourth-order valence-corrected chi connectivity index (χ4v) is 3.79. The van der Waals surface area contributed by atoms with E-state index in [1.165, 1.54) is 23.5 Å². The van der Waals surface area contributed by atoms with Gasteiger partial charge in [-0.2, -0.15) is 0 Å². The topological polar surface area (TPSA) is 110 Å². The van der Waals surface area contributed by atoms with E-state index in [0.29, 0.717) is 11.4 Å². The molecule has 0 aliphatic carbocycles. The number of aromatic nitrogens is 3. The van der Waals surface area contributed by atoms with Crippen LogP contribution in [0.3, 0.4) is 0 Å². The van der Waals surface area contributed by atoms with Crippen LogP contribution >= 0.6 is 11.3 Å². The van der Waals surface area contributed by atoms with Crippen molar-refractivity contribution in [2.75, 3.05) is 0 Å². The third-order valence-electron chi connectivity index (χ3n) is 4.15. The van der Waals surface area contributed by atoms with E-state index >= 15 is 0 Å². The first-order chi connectivity index (χ1) is 14.0. The van der Waals surface area contributed by atoms with Gasteiger partial charge in [0, 0.05) is 6.92 Å². The largest absolute Gasteiger partial charge is 0.424 e. The van der Waals surface area contributed by atoms with Crippen LogP contribution in [0.25, 0.3) is 21.3 Å². The maximum Gasteiger partial charge on any atom is 0.256 e. The third-order valence-corrected chi connectivity index (χ3v) is 5.22. The molecule has 2 aromatic heterocycles. The number of hydrogen-bond acceptors (Lipinski definition) is 8. The van der Waals surface area contributed by atoms with Crippen LogP contribution in [0.15, 0.2) is 52.1 Å². The Morgan fingerprint density at radius 3 is 2.66 bits per heavy atom. The van der Waals surface area contributed by atoms with Crippen molar-refractivity contribution >= 4 is 27.5 Å². The Kier molecular flexibility index (Phi) is 5.09. The minimum atomic E-state index is -1.29. The molecule has 0 saturated carbocycles. The Morgan fingerprint density at radius 2 is 1.97 bits per heavy atom. The molecule has 1 N–H and O–H groups in total. The van der Waals surface area contributed by atoms with Crippen molar-refractivity contribution < 1.29 is 13.6 Å². The second-order valence-corrected chi connectivity index (χ2v) is 7.24. The molecule has 29 heavy (non-hydrogen) atoms. The molecule has 0 radical (unpaired) electrons. The number of nitroso groups, excluding NO2 is 1. The first-order valence-electron chi connectivity index (χ1n) is 8.59. The number of rotatable bonds is 6. The van der Waals surface area contributed by atoms with Crippen LogP contribution in [-0.2, 0) is 11.3 Å². The predicted octanol–water partition coefficient (Wildman–Crippen LogP) is 3.92. The van der Waals surface area contributed by atoms with Gasteiger partial charge in [-0.25, -0.2) is 9.37 Å². The highest BCUT2D eigenvalue weighted by Crippen LogP contribution is 2.32. The van der Waals surface area contributed by atoms with Crippen LogP contribution in [0.1, 0.15) is 22.8 Å². The van der Waals surface area contributed by atoms with Gasteiger partial charge in [0.15, 0.2) is 0 Å². The maximum atomic E-state index is 13.1. The van der Waals surface area contributed by atoms with Crippen molar-refractivity contribution in [2.24, 2.45) is 5.18 Å². The molecule has 0 saturated heterocycles. The summed E-state index contributed by atoms with van der Waals surface area (Å²) in [5, 5.41) is 13.2. The summed E-state index contributed by atoms with van der Waals surface area (Å²) in [6.45, 7) is 1.63. The molecule has 1 unspecified atom stereocenters. The van der Waals surface area contributed by atoms with Gasteiger partial charge in [-0.15, -0.1) is 26.4 Å². The summed E-state index contributed by atoms with van der Waals surface area (Å²) in [6, 6.07) is 10.4. The lowest BCUT2D eigenvalue weighted by Crippen LogP contribution is -2.28. The number of halogens is 1. The van der Waals surface area contributed by atoms with Gasteiger partial charge in [0.2, 0.25) is 17.8 Å². The molecule has 8 nitrogen and oxygen atoms in total. The standard InChI is InChI=1S/C19H14FN5O3S/c1-10-23-24-16(28-10)9-21-18(26)17(25-27)19-22-14-7-4-12(8-15(14)29-19)11-2-5-13(20)6-3-11/h2-8,17H,9H2,1H3,(H,21,26). The highest BCUT2D eigenvalue weighted by atomic mass is 32.1. The number of carbonyl (C=O) groups excluding carboxylic acids is 1. The Bertz CT molecular complexity index is 1190. The second kappa shape index (κ2) is 7.84. The molecule has 0 bridgehead atoms. The van der Waals surface area contributed by atoms with Gasteiger partial charge < -0.3 is 9.73 Å². The molecular weight excluding hydrogens is 397 g/mol. The van der Waals surface area contributed by atoms with E-state index in [-0.39, 0.29) is 23.3 Å². The Balaban J connectivity index is 1.55. The van der Waals surface area contributed by atoms with Crippen molar-refractivity contribution in [2.45, 2.75) is 19.5 Å². The van der Waals surface area contributed by atoms with Crippen LogP contribution < -0.4 is 5.32 Å². The lowest BCUT2D eigenvalue weighted by molar-refractivity contribution is -0.122. The van der Waals surface area contributed by atoms with Crippen molar-refractivity contribution in [3.63, 3.8) is 0 Å².